The molecule has 0 bridgehead atoms. The van der Waals surface area contributed by atoms with Crippen LogP contribution in [0.3, 0.4) is 0 Å². The maximum absolute atomic E-state index is 5.97. The van der Waals surface area contributed by atoms with E-state index in [0.29, 0.717) is 11.8 Å². The third-order valence-electron chi connectivity index (χ3n) is 3.77. The van der Waals surface area contributed by atoms with Crippen LogP contribution in [-0.4, -0.2) is 5.88 Å². The fourth-order valence-electron chi connectivity index (χ4n) is 2.47. The number of hydrogen-bond donors (Lipinski definition) is 0. The molecule has 0 saturated heterocycles. The third-order valence-corrected chi connectivity index (χ3v) is 3.99. The summed E-state index contributed by atoms with van der Waals surface area (Å²) in [5.41, 5.74) is 4.51. The molecule has 0 aliphatic heterocycles. The standard InChI is InChI=1S/C17H27Cl/c1-12(2)15(9-10-18)16-11-14(17(4,5)6)8-7-13(16)3/h7-8,11-12,15H,9-10H2,1-6H3. The van der Waals surface area contributed by atoms with Crippen LogP contribution in [0.15, 0.2) is 18.2 Å². The SMILES string of the molecule is Cc1ccc(C(C)(C)C)cc1C(CCCl)C(C)C. The van der Waals surface area contributed by atoms with Crippen LogP contribution in [0.25, 0.3) is 0 Å². The minimum Gasteiger partial charge on any atom is -0.127 e. The first-order chi connectivity index (χ1) is 8.27. The summed E-state index contributed by atoms with van der Waals surface area (Å²) in [6.45, 7) is 13.6. The quantitative estimate of drug-likeness (QED) is 0.617. The Kier molecular flexibility index (Phi) is 5.28. The van der Waals surface area contributed by atoms with Crippen molar-refractivity contribution in [2.75, 3.05) is 5.88 Å². The van der Waals surface area contributed by atoms with E-state index in [9.17, 15) is 0 Å². The van der Waals surface area contributed by atoms with E-state index in [2.05, 4.69) is 59.7 Å². The van der Waals surface area contributed by atoms with E-state index in [1.165, 1.54) is 16.7 Å². The summed E-state index contributed by atoms with van der Waals surface area (Å²) in [5, 5.41) is 0. The topological polar surface area (TPSA) is 0 Å². The van der Waals surface area contributed by atoms with Gasteiger partial charge in [0.05, 0.1) is 0 Å². The molecule has 1 rings (SSSR count). The molecule has 0 spiro atoms. The van der Waals surface area contributed by atoms with Gasteiger partial charge in [-0.15, -0.1) is 11.6 Å². The van der Waals surface area contributed by atoms with E-state index in [-0.39, 0.29) is 5.41 Å². The molecule has 102 valence electrons. The largest absolute Gasteiger partial charge is 0.127 e. The first-order valence-electron chi connectivity index (χ1n) is 6.94. The summed E-state index contributed by atoms with van der Waals surface area (Å²) in [6, 6.07) is 6.92. The monoisotopic (exact) mass is 266 g/mol. The van der Waals surface area contributed by atoms with Crippen molar-refractivity contribution in [1.29, 1.82) is 0 Å². The van der Waals surface area contributed by atoms with E-state index in [0.717, 1.165) is 12.3 Å². The molecule has 0 aromatic heterocycles. The smallest absolute Gasteiger partial charge is 0.0229 e. The molecule has 0 aliphatic rings. The zero-order valence-electron chi connectivity index (χ0n) is 12.7. The summed E-state index contributed by atoms with van der Waals surface area (Å²) in [6.07, 6.45) is 1.06. The lowest BCUT2D eigenvalue weighted by atomic mass is 9.79. The maximum Gasteiger partial charge on any atom is 0.0229 e. The molecule has 1 aromatic rings. The lowest BCUT2D eigenvalue weighted by Crippen LogP contribution is -2.15. The Hall–Kier alpha value is -0.490. The van der Waals surface area contributed by atoms with Crippen molar-refractivity contribution in [2.45, 2.75) is 59.3 Å². The average Bonchev–Trinajstić information content (AvgIpc) is 2.25. The molecule has 0 heterocycles. The van der Waals surface area contributed by atoms with Crippen molar-refractivity contribution < 1.29 is 0 Å². The van der Waals surface area contributed by atoms with Gasteiger partial charge in [0.15, 0.2) is 0 Å². The molecule has 0 fully saturated rings. The Morgan fingerprint density at radius 2 is 1.78 bits per heavy atom. The van der Waals surface area contributed by atoms with E-state index >= 15 is 0 Å². The Morgan fingerprint density at radius 1 is 1.17 bits per heavy atom. The highest BCUT2D eigenvalue weighted by molar-refractivity contribution is 6.17. The third kappa shape index (κ3) is 3.75. The van der Waals surface area contributed by atoms with Crippen molar-refractivity contribution in [3.05, 3.63) is 34.9 Å². The lowest BCUT2D eigenvalue weighted by Gasteiger charge is -2.26. The summed E-state index contributed by atoms with van der Waals surface area (Å²) in [4.78, 5) is 0. The first kappa shape index (κ1) is 15.6. The lowest BCUT2D eigenvalue weighted by molar-refractivity contribution is 0.483. The van der Waals surface area contributed by atoms with Gasteiger partial charge in [-0.2, -0.15) is 0 Å². The van der Waals surface area contributed by atoms with E-state index in [4.69, 9.17) is 11.6 Å². The van der Waals surface area contributed by atoms with Gasteiger partial charge in [0, 0.05) is 5.88 Å². The van der Waals surface area contributed by atoms with Gasteiger partial charge in [0.1, 0.15) is 0 Å². The van der Waals surface area contributed by atoms with E-state index in [1.54, 1.807) is 0 Å². The summed E-state index contributed by atoms with van der Waals surface area (Å²) in [7, 11) is 0. The van der Waals surface area contributed by atoms with Crippen molar-refractivity contribution in [3.63, 3.8) is 0 Å². The molecule has 1 heteroatoms. The second-order valence-electron chi connectivity index (χ2n) is 6.65. The highest BCUT2D eigenvalue weighted by Gasteiger charge is 2.20. The minimum absolute atomic E-state index is 0.213. The van der Waals surface area contributed by atoms with Gasteiger partial charge in [0.25, 0.3) is 0 Å². The van der Waals surface area contributed by atoms with Gasteiger partial charge >= 0.3 is 0 Å². The van der Waals surface area contributed by atoms with Crippen LogP contribution in [0.2, 0.25) is 0 Å². The summed E-state index contributed by atoms with van der Waals surface area (Å²) < 4.78 is 0. The zero-order valence-corrected chi connectivity index (χ0v) is 13.4. The molecule has 0 aliphatic carbocycles. The van der Waals surface area contributed by atoms with Crippen molar-refractivity contribution in [3.8, 4) is 0 Å². The molecule has 0 nitrogen and oxygen atoms in total. The fourth-order valence-corrected chi connectivity index (χ4v) is 2.71. The number of benzene rings is 1. The van der Waals surface area contributed by atoms with Crippen LogP contribution in [0.5, 0.6) is 0 Å². The minimum atomic E-state index is 0.213. The molecule has 0 saturated carbocycles. The van der Waals surface area contributed by atoms with Crippen LogP contribution < -0.4 is 0 Å². The van der Waals surface area contributed by atoms with Crippen LogP contribution in [0.4, 0.5) is 0 Å². The number of hydrogen-bond acceptors (Lipinski definition) is 0. The Labute approximate surface area is 118 Å². The number of alkyl halides is 1. The average molecular weight is 267 g/mol. The molecular formula is C17H27Cl. The molecule has 0 N–H and O–H groups in total. The van der Waals surface area contributed by atoms with Gasteiger partial charge < -0.3 is 0 Å². The fraction of sp³-hybridized carbons (Fsp3) is 0.647. The van der Waals surface area contributed by atoms with Gasteiger partial charge in [-0.05, 0) is 47.3 Å². The molecule has 0 radical (unpaired) electrons. The van der Waals surface area contributed by atoms with Gasteiger partial charge in [-0.3, -0.25) is 0 Å². The molecule has 0 amide bonds. The Balaban J connectivity index is 3.20. The number of halogens is 1. The molecule has 1 aromatic carbocycles. The summed E-state index contributed by atoms with van der Waals surface area (Å²) in [5.74, 6) is 1.95. The number of rotatable bonds is 4. The normalized spacial score (nSPS) is 14.0. The van der Waals surface area contributed by atoms with Crippen molar-refractivity contribution in [2.24, 2.45) is 5.92 Å². The first-order valence-corrected chi connectivity index (χ1v) is 7.47. The van der Waals surface area contributed by atoms with E-state index in [1.807, 2.05) is 0 Å². The predicted octanol–water partition coefficient (Wildman–Crippen LogP) is 5.66. The van der Waals surface area contributed by atoms with Crippen LogP contribution in [0.1, 0.15) is 63.6 Å². The summed E-state index contributed by atoms with van der Waals surface area (Å²) >= 11 is 5.97. The van der Waals surface area contributed by atoms with Gasteiger partial charge in [-0.25, -0.2) is 0 Å². The van der Waals surface area contributed by atoms with Gasteiger partial charge in [-0.1, -0.05) is 52.8 Å². The molecule has 1 atom stereocenters. The maximum atomic E-state index is 5.97. The zero-order chi connectivity index (χ0) is 13.9. The van der Waals surface area contributed by atoms with E-state index < -0.39 is 0 Å². The Bertz CT molecular complexity index is 385. The second-order valence-corrected chi connectivity index (χ2v) is 7.03. The van der Waals surface area contributed by atoms with Crippen molar-refractivity contribution >= 4 is 11.6 Å². The van der Waals surface area contributed by atoms with Gasteiger partial charge in [0.2, 0.25) is 0 Å². The highest BCUT2D eigenvalue weighted by atomic mass is 35.5. The predicted molar refractivity (Wildman–Crippen MR) is 82.8 cm³/mol. The Morgan fingerprint density at radius 3 is 2.22 bits per heavy atom. The molecular weight excluding hydrogens is 240 g/mol. The number of aryl methyl sites for hydroxylation is 1. The van der Waals surface area contributed by atoms with Crippen LogP contribution >= 0.6 is 11.6 Å². The molecule has 1 unspecified atom stereocenters. The van der Waals surface area contributed by atoms with Crippen LogP contribution in [0, 0.1) is 12.8 Å². The van der Waals surface area contributed by atoms with Crippen molar-refractivity contribution in [1.82, 2.24) is 0 Å². The highest BCUT2D eigenvalue weighted by Crippen LogP contribution is 2.34. The second kappa shape index (κ2) is 6.10. The molecule has 18 heavy (non-hydrogen) atoms. The van der Waals surface area contributed by atoms with Crippen LogP contribution in [-0.2, 0) is 5.41 Å².